The number of nitrogens with two attached hydrogens (primary N) is 2. The van der Waals surface area contributed by atoms with Crippen molar-refractivity contribution >= 4 is 22.5 Å². The van der Waals surface area contributed by atoms with Crippen molar-refractivity contribution in [2.45, 2.75) is 27.7 Å². The molecule has 0 radical (unpaired) electrons. The zero-order valence-electron chi connectivity index (χ0n) is 12.5. The molecule has 0 unspecified atom stereocenters. The first-order valence-electron chi connectivity index (χ1n) is 6.71. The Bertz CT molecular complexity index is 926. The highest BCUT2D eigenvalue weighted by Gasteiger charge is 2.22. The number of fused-ring (bicyclic) bond motifs is 2. The summed E-state index contributed by atoms with van der Waals surface area (Å²) in [6.07, 6.45) is 0. The molecular weight excluding hydrogens is 266 g/mol. The molecule has 0 saturated carbocycles. The number of benzene rings is 2. The minimum Gasteiger partial charge on any atom is -0.452 e. The predicted molar refractivity (Wildman–Crippen MR) is 84.7 cm³/mol. The van der Waals surface area contributed by atoms with Crippen LogP contribution in [0.1, 0.15) is 22.3 Å². The van der Waals surface area contributed by atoms with Gasteiger partial charge in [0, 0.05) is 22.4 Å². The largest absolute Gasteiger partial charge is 0.452 e. The first-order valence-corrected chi connectivity index (χ1v) is 6.71. The minimum absolute atomic E-state index is 0.205. The first kappa shape index (κ1) is 13.4. The van der Waals surface area contributed by atoms with E-state index in [1.807, 2.05) is 19.9 Å². The maximum absolute atomic E-state index is 12.1. The summed E-state index contributed by atoms with van der Waals surface area (Å²) in [6.45, 7) is 7.30. The Labute approximate surface area is 121 Å². The van der Waals surface area contributed by atoms with Gasteiger partial charge in [-0.15, -0.1) is 0 Å². The summed E-state index contributed by atoms with van der Waals surface area (Å²) in [5, 5.41) is 0. The lowest BCUT2D eigenvalue weighted by molar-refractivity contribution is 0.604. The molecule has 0 atom stereocenters. The van der Waals surface area contributed by atoms with Gasteiger partial charge in [0.2, 0.25) is 5.43 Å². The van der Waals surface area contributed by atoms with Crippen molar-refractivity contribution in [3.05, 3.63) is 38.5 Å². The fourth-order valence-corrected chi connectivity index (χ4v) is 2.59. The lowest BCUT2D eigenvalue weighted by Gasteiger charge is -2.15. The molecule has 5 heteroatoms. The average Bonchev–Trinajstić information content (AvgIpc) is 2.47. The molecule has 1 aliphatic heterocycles. The van der Waals surface area contributed by atoms with Gasteiger partial charge in [0.05, 0.1) is 5.69 Å². The molecule has 21 heavy (non-hydrogen) atoms. The predicted octanol–water partition coefficient (Wildman–Crippen LogP) is 2.69. The third kappa shape index (κ3) is 1.70. The van der Waals surface area contributed by atoms with Crippen LogP contribution < -0.4 is 16.9 Å². The molecule has 0 fully saturated rings. The molecule has 3 rings (SSSR count). The summed E-state index contributed by atoms with van der Waals surface area (Å²) in [4.78, 5) is 16.8. The van der Waals surface area contributed by atoms with Gasteiger partial charge in [0.15, 0.2) is 11.3 Å². The molecule has 5 nitrogen and oxygen atoms in total. The van der Waals surface area contributed by atoms with Crippen LogP contribution in [0, 0.1) is 27.7 Å². The molecule has 0 amide bonds. The summed E-state index contributed by atoms with van der Waals surface area (Å²) in [5.41, 5.74) is 17.4. The van der Waals surface area contributed by atoms with E-state index in [0.717, 1.165) is 16.6 Å². The number of anilines is 2. The highest BCUT2D eigenvalue weighted by molar-refractivity contribution is 5.87. The standard InChI is InChI=1S/C16H17N3O2/c1-6-5-10(17)7(2)15-12(6)19-13-8(3)11(18)14(20)9(4)16(13)21-15/h5H,17-18H2,1-4H3. The zero-order valence-corrected chi connectivity index (χ0v) is 12.5. The second kappa shape index (κ2) is 4.22. The topological polar surface area (TPSA) is 95.1 Å². The lowest BCUT2D eigenvalue weighted by atomic mass is 10.0. The number of nitrogen functional groups attached to an aromatic ring is 2. The first-order chi connectivity index (χ1) is 9.82. The van der Waals surface area contributed by atoms with E-state index in [0.29, 0.717) is 33.9 Å². The fourth-order valence-electron chi connectivity index (χ4n) is 2.59. The van der Waals surface area contributed by atoms with Crippen LogP contribution in [0.2, 0.25) is 0 Å². The lowest BCUT2D eigenvalue weighted by Crippen LogP contribution is -2.16. The van der Waals surface area contributed by atoms with E-state index in [1.165, 1.54) is 0 Å². The molecular formula is C16H17N3O2. The molecule has 108 valence electrons. The fraction of sp³-hybridized carbons (Fsp3) is 0.250. The van der Waals surface area contributed by atoms with Gasteiger partial charge in [-0.2, -0.15) is 0 Å². The number of nitrogens with zero attached hydrogens (tertiary/aromatic N) is 1. The van der Waals surface area contributed by atoms with Crippen LogP contribution in [0.15, 0.2) is 15.3 Å². The van der Waals surface area contributed by atoms with Crippen LogP contribution in [0.5, 0.6) is 0 Å². The quantitative estimate of drug-likeness (QED) is 0.488. The Morgan fingerprint density at radius 3 is 2.38 bits per heavy atom. The van der Waals surface area contributed by atoms with E-state index in [1.54, 1.807) is 13.8 Å². The van der Waals surface area contributed by atoms with Crippen molar-refractivity contribution in [3.63, 3.8) is 0 Å². The van der Waals surface area contributed by atoms with Gasteiger partial charge in [-0.25, -0.2) is 4.98 Å². The van der Waals surface area contributed by atoms with Gasteiger partial charge in [0.25, 0.3) is 0 Å². The number of rotatable bonds is 0. The summed E-state index contributed by atoms with van der Waals surface area (Å²) in [5.74, 6) is 0.479. The maximum Gasteiger partial charge on any atom is 0.208 e. The third-order valence-electron chi connectivity index (χ3n) is 4.06. The summed E-state index contributed by atoms with van der Waals surface area (Å²) >= 11 is 0. The van der Waals surface area contributed by atoms with E-state index in [2.05, 4.69) is 4.98 Å². The Balaban J connectivity index is 2.63. The SMILES string of the molecule is Cc1c2nc3c(C)cc(N)c(C)c3oc-2c(C)c(=O)c1N. The van der Waals surface area contributed by atoms with E-state index >= 15 is 0 Å². The van der Waals surface area contributed by atoms with Gasteiger partial charge < -0.3 is 15.9 Å². The molecule has 1 aromatic carbocycles. The smallest absolute Gasteiger partial charge is 0.208 e. The second-order valence-electron chi connectivity index (χ2n) is 5.47. The van der Waals surface area contributed by atoms with Gasteiger partial charge >= 0.3 is 0 Å². The Morgan fingerprint density at radius 1 is 1.05 bits per heavy atom. The molecule has 1 aliphatic carbocycles. The van der Waals surface area contributed by atoms with Crippen LogP contribution >= 0.6 is 0 Å². The maximum atomic E-state index is 12.1. The molecule has 4 N–H and O–H groups in total. The zero-order chi connectivity index (χ0) is 15.5. The van der Waals surface area contributed by atoms with Crippen molar-refractivity contribution < 1.29 is 4.42 Å². The molecule has 1 heterocycles. The van der Waals surface area contributed by atoms with E-state index in [9.17, 15) is 4.79 Å². The van der Waals surface area contributed by atoms with Gasteiger partial charge in [-0.05, 0) is 39.3 Å². The van der Waals surface area contributed by atoms with E-state index < -0.39 is 0 Å². The van der Waals surface area contributed by atoms with Crippen molar-refractivity contribution in [1.29, 1.82) is 0 Å². The monoisotopic (exact) mass is 283 g/mol. The minimum atomic E-state index is -0.205. The number of hydrogen-bond acceptors (Lipinski definition) is 5. The second-order valence-corrected chi connectivity index (χ2v) is 5.47. The van der Waals surface area contributed by atoms with Crippen LogP contribution in [0.25, 0.3) is 22.6 Å². The van der Waals surface area contributed by atoms with Gasteiger partial charge in [-0.1, -0.05) is 0 Å². The van der Waals surface area contributed by atoms with Crippen LogP contribution in [-0.4, -0.2) is 4.98 Å². The Kier molecular flexibility index (Phi) is 2.69. The van der Waals surface area contributed by atoms with Crippen molar-refractivity contribution in [1.82, 2.24) is 4.98 Å². The third-order valence-corrected chi connectivity index (χ3v) is 4.06. The highest BCUT2D eigenvalue weighted by Crippen LogP contribution is 2.35. The van der Waals surface area contributed by atoms with Crippen LogP contribution in [0.4, 0.5) is 11.4 Å². The average molecular weight is 283 g/mol. The summed E-state index contributed by atoms with van der Waals surface area (Å²) in [6, 6.07) is 1.87. The number of aromatic nitrogens is 1. The van der Waals surface area contributed by atoms with E-state index in [4.69, 9.17) is 15.9 Å². The molecule has 0 aromatic heterocycles. The Morgan fingerprint density at radius 2 is 1.71 bits per heavy atom. The molecule has 1 aromatic rings. The molecule has 0 spiro atoms. The molecule has 0 saturated heterocycles. The number of hydrogen-bond donors (Lipinski definition) is 2. The van der Waals surface area contributed by atoms with Gasteiger partial charge in [0.1, 0.15) is 11.2 Å². The van der Waals surface area contributed by atoms with Crippen molar-refractivity contribution in [2.24, 2.45) is 0 Å². The van der Waals surface area contributed by atoms with Crippen LogP contribution in [-0.2, 0) is 0 Å². The van der Waals surface area contributed by atoms with Crippen molar-refractivity contribution in [2.75, 3.05) is 11.5 Å². The molecule has 0 bridgehead atoms. The van der Waals surface area contributed by atoms with E-state index in [-0.39, 0.29) is 11.1 Å². The summed E-state index contributed by atoms with van der Waals surface area (Å²) < 4.78 is 5.99. The Hall–Kier alpha value is -2.56. The molecule has 2 aliphatic rings. The van der Waals surface area contributed by atoms with Gasteiger partial charge in [-0.3, -0.25) is 4.79 Å². The number of aryl methyl sites for hydroxylation is 2. The van der Waals surface area contributed by atoms with Crippen LogP contribution in [0.3, 0.4) is 0 Å². The summed E-state index contributed by atoms with van der Waals surface area (Å²) in [7, 11) is 0. The van der Waals surface area contributed by atoms with Crippen molar-refractivity contribution in [3.8, 4) is 11.5 Å². The normalized spacial score (nSPS) is 11.4. The highest BCUT2D eigenvalue weighted by atomic mass is 16.3.